The van der Waals surface area contributed by atoms with E-state index in [0.29, 0.717) is 5.76 Å². The van der Waals surface area contributed by atoms with Crippen LogP contribution in [0.25, 0.3) is 16.5 Å². The third-order valence-electron chi connectivity index (χ3n) is 3.81. The molecule has 2 nitrogen and oxygen atoms in total. The Labute approximate surface area is 122 Å². The average Bonchev–Trinajstić information content (AvgIpc) is 2.55. The van der Waals surface area contributed by atoms with Gasteiger partial charge >= 0.3 is 0 Å². The highest BCUT2D eigenvalue weighted by molar-refractivity contribution is 5.91. The van der Waals surface area contributed by atoms with Crippen molar-refractivity contribution in [3.8, 4) is 5.75 Å². The Hall–Kier alpha value is -2.58. The molecule has 1 heterocycles. The molecule has 1 aliphatic heterocycles. The SMILES string of the molecule is OC1C=C(c2ccccc2)Oc2c1ccc1ccccc21. The lowest BCUT2D eigenvalue weighted by molar-refractivity contribution is 0.217. The summed E-state index contributed by atoms with van der Waals surface area (Å²) in [5.41, 5.74) is 1.78. The molecule has 0 saturated carbocycles. The van der Waals surface area contributed by atoms with Crippen LogP contribution in [0.2, 0.25) is 0 Å². The van der Waals surface area contributed by atoms with E-state index in [9.17, 15) is 5.11 Å². The molecule has 3 aromatic carbocycles. The molecule has 1 aliphatic rings. The lowest BCUT2D eigenvalue weighted by Gasteiger charge is -2.23. The summed E-state index contributed by atoms with van der Waals surface area (Å²) in [6.45, 7) is 0. The molecule has 0 radical (unpaired) electrons. The molecule has 0 fully saturated rings. The first-order valence-corrected chi connectivity index (χ1v) is 6.98. The molecule has 0 aromatic heterocycles. The van der Waals surface area contributed by atoms with Gasteiger partial charge in [0.15, 0.2) is 0 Å². The Kier molecular flexibility index (Phi) is 2.76. The fraction of sp³-hybridized carbons (Fsp3) is 0.0526. The van der Waals surface area contributed by atoms with Crippen LogP contribution < -0.4 is 4.74 Å². The van der Waals surface area contributed by atoms with Gasteiger partial charge in [-0.25, -0.2) is 0 Å². The Bertz CT molecular complexity index is 835. The van der Waals surface area contributed by atoms with Gasteiger partial charge < -0.3 is 9.84 Å². The fourth-order valence-corrected chi connectivity index (χ4v) is 2.74. The Morgan fingerprint density at radius 1 is 0.810 bits per heavy atom. The van der Waals surface area contributed by atoms with Crippen molar-refractivity contribution in [2.45, 2.75) is 6.10 Å². The number of hydrogen-bond donors (Lipinski definition) is 1. The lowest BCUT2D eigenvalue weighted by atomic mass is 9.98. The highest BCUT2D eigenvalue weighted by Crippen LogP contribution is 2.40. The molecule has 1 N–H and O–H groups in total. The summed E-state index contributed by atoms with van der Waals surface area (Å²) in [6.07, 6.45) is 1.11. The van der Waals surface area contributed by atoms with Gasteiger partial charge in [0.05, 0.1) is 0 Å². The van der Waals surface area contributed by atoms with E-state index in [0.717, 1.165) is 27.6 Å². The standard InChI is InChI=1S/C19H14O2/c20-17-12-18(14-7-2-1-3-8-14)21-19-15-9-5-4-6-13(15)10-11-16(17)19/h1-12,17,20H. The lowest BCUT2D eigenvalue weighted by Crippen LogP contribution is -2.09. The van der Waals surface area contributed by atoms with Crippen molar-refractivity contribution in [2.24, 2.45) is 0 Å². The minimum atomic E-state index is -0.645. The molecule has 0 saturated heterocycles. The molecular weight excluding hydrogens is 260 g/mol. The summed E-state index contributed by atoms with van der Waals surface area (Å²) in [6, 6.07) is 21.9. The molecule has 0 aliphatic carbocycles. The van der Waals surface area contributed by atoms with E-state index in [1.54, 1.807) is 6.08 Å². The highest BCUT2D eigenvalue weighted by atomic mass is 16.5. The van der Waals surface area contributed by atoms with E-state index in [1.165, 1.54) is 0 Å². The van der Waals surface area contributed by atoms with Crippen molar-refractivity contribution in [3.05, 3.63) is 83.9 Å². The van der Waals surface area contributed by atoms with Crippen LogP contribution in [-0.4, -0.2) is 5.11 Å². The first-order chi connectivity index (χ1) is 10.3. The molecule has 1 atom stereocenters. The zero-order valence-electron chi connectivity index (χ0n) is 11.4. The van der Waals surface area contributed by atoms with Gasteiger partial charge in [-0.2, -0.15) is 0 Å². The van der Waals surface area contributed by atoms with Crippen LogP contribution in [0.5, 0.6) is 5.75 Å². The van der Waals surface area contributed by atoms with E-state index in [1.807, 2.05) is 66.7 Å². The maximum Gasteiger partial charge on any atom is 0.141 e. The Morgan fingerprint density at radius 3 is 2.43 bits per heavy atom. The molecule has 1 unspecified atom stereocenters. The quantitative estimate of drug-likeness (QED) is 0.716. The molecule has 0 bridgehead atoms. The van der Waals surface area contributed by atoms with E-state index < -0.39 is 6.10 Å². The third-order valence-corrected chi connectivity index (χ3v) is 3.81. The second-order valence-electron chi connectivity index (χ2n) is 5.15. The van der Waals surface area contributed by atoms with Crippen molar-refractivity contribution < 1.29 is 9.84 Å². The molecule has 3 aromatic rings. The van der Waals surface area contributed by atoms with Crippen molar-refractivity contribution in [1.29, 1.82) is 0 Å². The maximum atomic E-state index is 10.4. The molecule has 2 heteroatoms. The molecule has 0 spiro atoms. The van der Waals surface area contributed by atoms with Gasteiger partial charge in [-0.05, 0) is 11.5 Å². The summed E-state index contributed by atoms with van der Waals surface area (Å²) in [4.78, 5) is 0. The number of ether oxygens (including phenoxy) is 1. The number of fused-ring (bicyclic) bond motifs is 3. The van der Waals surface area contributed by atoms with Crippen LogP contribution in [0.1, 0.15) is 17.2 Å². The third kappa shape index (κ3) is 2.01. The van der Waals surface area contributed by atoms with Gasteiger partial charge in [0.1, 0.15) is 17.6 Å². The van der Waals surface area contributed by atoms with E-state index >= 15 is 0 Å². The predicted molar refractivity (Wildman–Crippen MR) is 84.0 cm³/mol. The van der Waals surface area contributed by atoms with Crippen molar-refractivity contribution in [3.63, 3.8) is 0 Å². The topological polar surface area (TPSA) is 29.5 Å². The molecule has 21 heavy (non-hydrogen) atoms. The van der Waals surface area contributed by atoms with E-state index in [4.69, 9.17) is 4.74 Å². The Balaban J connectivity index is 1.89. The highest BCUT2D eigenvalue weighted by Gasteiger charge is 2.22. The molecule has 102 valence electrons. The minimum Gasteiger partial charge on any atom is -0.456 e. The van der Waals surface area contributed by atoms with Gasteiger partial charge in [-0.15, -0.1) is 0 Å². The van der Waals surface area contributed by atoms with Gasteiger partial charge in [0, 0.05) is 16.5 Å². The minimum absolute atomic E-state index is 0.645. The maximum absolute atomic E-state index is 10.4. The second-order valence-corrected chi connectivity index (χ2v) is 5.15. The van der Waals surface area contributed by atoms with Crippen molar-refractivity contribution >= 4 is 16.5 Å². The summed E-state index contributed by atoms with van der Waals surface area (Å²) in [5.74, 6) is 1.45. The first kappa shape index (κ1) is 12.2. The van der Waals surface area contributed by atoms with Crippen LogP contribution in [-0.2, 0) is 0 Å². The van der Waals surface area contributed by atoms with Crippen molar-refractivity contribution in [1.82, 2.24) is 0 Å². The van der Waals surface area contributed by atoms with Gasteiger partial charge in [0.25, 0.3) is 0 Å². The monoisotopic (exact) mass is 274 g/mol. The van der Waals surface area contributed by atoms with E-state index in [-0.39, 0.29) is 0 Å². The first-order valence-electron chi connectivity index (χ1n) is 6.98. The normalized spacial score (nSPS) is 17.0. The van der Waals surface area contributed by atoms with Gasteiger partial charge in [-0.3, -0.25) is 0 Å². The summed E-state index contributed by atoms with van der Waals surface area (Å²) in [5, 5.41) is 12.5. The zero-order chi connectivity index (χ0) is 14.2. The zero-order valence-corrected chi connectivity index (χ0v) is 11.4. The van der Waals surface area contributed by atoms with Crippen LogP contribution in [0, 0.1) is 0 Å². The Morgan fingerprint density at radius 2 is 1.57 bits per heavy atom. The number of aliphatic hydroxyl groups excluding tert-OH is 1. The van der Waals surface area contributed by atoms with Crippen LogP contribution in [0.4, 0.5) is 0 Å². The summed E-state index contributed by atoms with van der Waals surface area (Å²) < 4.78 is 6.10. The number of hydrogen-bond acceptors (Lipinski definition) is 2. The van der Waals surface area contributed by atoms with Crippen LogP contribution >= 0.6 is 0 Å². The summed E-state index contributed by atoms with van der Waals surface area (Å²) in [7, 11) is 0. The van der Waals surface area contributed by atoms with Crippen molar-refractivity contribution in [2.75, 3.05) is 0 Å². The average molecular weight is 274 g/mol. The largest absolute Gasteiger partial charge is 0.456 e. The number of aliphatic hydroxyl groups is 1. The summed E-state index contributed by atoms with van der Waals surface area (Å²) >= 11 is 0. The molecule has 0 amide bonds. The fourth-order valence-electron chi connectivity index (χ4n) is 2.74. The molecule has 4 rings (SSSR count). The number of benzene rings is 3. The molecular formula is C19H14O2. The number of rotatable bonds is 1. The van der Waals surface area contributed by atoms with Gasteiger partial charge in [0.2, 0.25) is 0 Å². The predicted octanol–water partition coefficient (Wildman–Crippen LogP) is 4.31. The van der Waals surface area contributed by atoms with Crippen LogP contribution in [0.15, 0.2) is 72.8 Å². The smallest absolute Gasteiger partial charge is 0.141 e. The van der Waals surface area contributed by atoms with Gasteiger partial charge in [-0.1, -0.05) is 66.7 Å². The second kappa shape index (κ2) is 4.76. The van der Waals surface area contributed by atoms with Crippen LogP contribution in [0.3, 0.4) is 0 Å². The van der Waals surface area contributed by atoms with E-state index in [2.05, 4.69) is 0 Å².